The maximum absolute atomic E-state index is 12.4. The predicted molar refractivity (Wildman–Crippen MR) is 95.9 cm³/mol. The summed E-state index contributed by atoms with van der Waals surface area (Å²) in [6.07, 6.45) is 4.23. The maximum Gasteiger partial charge on any atom is 0.240 e. The fourth-order valence-corrected chi connectivity index (χ4v) is 4.23. The van der Waals surface area contributed by atoms with E-state index in [1.807, 2.05) is 4.90 Å². The van der Waals surface area contributed by atoms with Gasteiger partial charge in [0, 0.05) is 31.1 Å². The number of likely N-dealkylation sites (tertiary alicyclic amines) is 1. The van der Waals surface area contributed by atoms with Crippen LogP contribution in [0.15, 0.2) is 29.2 Å². The number of piperidine rings is 1. The highest BCUT2D eigenvalue weighted by atomic mass is 32.2. The van der Waals surface area contributed by atoms with Crippen molar-refractivity contribution < 1.29 is 18.0 Å². The molecule has 0 aliphatic carbocycles. The summed E-state index contributed by atoms with van der Waals surface area (Å²) in [6.45, 7) is 4.27. The molecule has 1 aliphatic heterocycles. The molecule has 2 rings (SSSR count). The van der Waals surface area contributed by atoms with Crippen LogP contribution in [0.2, 0.25) is 0 Å². The summed E-state index contributed by atoms with van der Waals surface area (Å²) in [5.41, 5.74) is 0.345. The minimum Gasteiger partial charge on any atom is -0.340 e. The second-order valence-electron chi connectivity index (χ2n) is 6.38. The summed E-state index contributed by atoms with van der Waals surface area (Å²) in [6, 6.07) is 6.17. The summed E-state index contributed by atoms with van der Waals surface area (Å²) in [4.78, 5) is 25.7. The standard InChI is InChI=1S/C18H26N2O4S/c1-3-16-8-4-5-12-20(16)18(22)10-11-19-25(23,24)17-9-6-7-15(13-17)14(2)21/h6-7,9,13,16,19H,3-5,8,10-12H2,1-2H3. The van der Waals surface area contributed by atoms with Crippen LogP contribution in [-0.2, 0) is 14.8 Å². The van der Waals surface area contributed by atoms with Gasteiger partial charge in [0.2, 0.25) is 15.9 Å². The number of carbonyl (C=O) groups excluding carboxylic acids is 2. The van der Waals surface area contributed by atoms with Gasteiger partial charge in [-0.2, -0.15) is 0 Å². The van der Waals surface area contributed by atoms with Gasteiger partial charge in [-0.15, -0.1) is 0 Å². The number of amides is 1. The van der Waals surface area contributed by atoms with Crippen LogP contribution in [0.1, 0.15) is 56.3 Å². The summed E-state index contributed by atoms with van der Waals surface area (Å²) in [5, 5.41) is 0. The Balaban J connectivity index is 1.95. The lowest BCUT2D eigenvalue weighted by Gasteiger charge is -2.35. The van der Waals surface area contributed by atoms with Crippen LogP contribution in [0.25, 0.3) is 0 Å². The maximum atomic E-state index is 12.4. The topological polar surface area (TPSA) is 83.6 Å². The van der Waals surface area contributed by atoms with Crippen LogP contribution in [0.5, 0.6) is 0 Å². The Kier molecular flexibility index (Phi) is 6.72. The molecule has 1 aliphatic rings. The molecule has 0 aromatic heterocycles. The molecular weight excluding hydrogens is 340 g/mol. The summed E-state index contributed by atoms with van der Waals surface area (Å²) in [7, 11) is -3.73. The number of ketones is 1. The third-order valence-corrected chi connectivity index (χ3v) is 6.06. The highest BCUT2D eigenvalue weighted by Crippen LogP contribution is 2.20. The fourth-order valence-electron chi connectivity index (χ4n) is 3.15. The van der Waals surface area contributed by atoms with E-state index in [0.29, 0.717) is 5.56 Å². The zero-order valence-electron chi connectivity index (χ0n) is 14.8. The van der Waals surface area contributed by atoms with Crippen LogP contribution in [0.3, 0.4) is 0 Å². The molecule has 1 saturated heterocycles. The Labute approximate surface area is 149 Å². The average molecular weight is 366 g/mol. The van der Waals surface area contributed by atoms with Crippen LogP contribution in [0.4, 0.5) is 0 Å². The number of nitrogens with one attached hydrogen (secondary N) is 1. The molecule has 0 saturated carbocycles. The first-order valence-corrected chi connectivity index (χ1v) is 10.2. The van der Waals surface area contributed by atoms with Crippen molar-refractivity contribution in [3.8, 4) is 0 Å². The van der Waals surface area contributed by atoms with Crippen molar-refractivity contribution in [2.75, 3.05) is 13.1 Å². The molecule has 7 heteroatoms. The number of hydrogen-bond donors (Lipinski definition) is 1. The van der Waals surface area contributed by atoms with Crippen LogP contribution >= 0.6 is 0 Å². The van der Waals surface area contributed by atoms with Gasteiger partial charge in [-0.05, 0) is 44.7 Å². The number of Topliss-reactive ketones (excluding diaryl/α,β-unsaturated/α-hetero) is 1. The molecule has 0 radical (unpaired) electrons. The van der Waals surface area contributed by atoms with Crippen molar-refractivity contribution in [1.29, 1.82) is 0 Å². The third-order valence-electron chi connectivity index (χ3n) is 4.60. The molecule has 1 unspecified atom stereocenters. The van der Waals surface area contributed by atoms with Crippen LogP contribution in [0, 0.1) is 0 Å². The Morgan fingerprint density at radius 2 is 2.04 bits per heavy atom. The zero-order valence-corrected chi connectivity index (χ0v) is 15.6. The highest BCUT2D eigenvalue weighted by Gasteiger charge is 2.25. The van der Waals surface area contributed by atoms with E-state index in [4.69, 9.17) is 0 Å². The van der Waals surface area contributed by atoms with E-state index in [2.05, 4.69) is 11.6 Å². The van der Waals surface area contributed by atoms with Gasteiger partial charge in [-0.3, -0.25) is 9.59 Å². The Hall–Kier alpha value is -1.73. The van der Waals surface area contributed by atoms with E-state index in [1.54, 1.807) is 6.07 Å². The number of rotatable bonds is 7. The first-order chi connectivity index (χ1) is 11.8. The molecule has 1 N–H and O–H groups in total. The average Bonchev–Trinajstić information content (AvgIpc) is 2.61. The first-order valence-electron chi connectivity index (χ1n) is 8.75. The van der Waals surface area contributed by atoms with E-state index in [9.17, 15) is 18.0 Å². The molecule has 25 heavy (non-hydrogen) atoms. The van der Waals surface area contributed by atoms with Crippen LogP contribution in [-0.4, -0.2) is 44.1 Å². The van der Waals surface area contributed by atoms with Gasteiger partial charge in [-0.1, -0.05) is 19.1 Å². The lowest BCUT2D eigenvalue weighted by Crippen LogP contribution is -2.44. The van der Waals surface area contributed by atoms with Crippen LogP contribution < -0.4 is 4.72 Å². The predicted octanol–water partition coefficient (Wildman–Crippen LogP) is 2.35. The van der Waals surface area contributed by atoms with Gasteiger partial charge in [0.1, 0.15) is 0 Å². The lowest BCUT2D eigenvalue weighted by molar-refractivity contribution is -0.134. The monoisotopic (exact) mass is 366 g/mol. The number of hydrogen-bond acceptors (Lipinski definition) is 4. The van der Waals surface area contributed by atoms with E-state index in [-0.39, 0.29) is 35.6 Å². The summed E-state index contributed by atoms with van der Waals surface area (Å²) in [5.74, 6) is -0.199. The number of carbonyl (C=O) groups is 2. The van der Waals surface area contributed by atoms with Gasteiger partial charge in [0.15, 0.2) is 5.78 Å². The Bertz CT molecular complexity index is 730. The quantitative estimate of drug-likeness (QED) is 0.751. The molecule has 1 amide bonds. The minimum atomic E-state index is -3.73. The van der Waals surface area contributed by atoms with E-state index in [1.165, 1.54) is 25.1 Å². The molecule has 0 bridgehead atoms. The van der Waals surface area contributed by atoms with E-state index in [0.717, 1.165) is 32.2 Å². The van der Waals surface area contributed by atoms with Crippen molar-refractivity contribution in [1.82, 2.24) is 9.62 Å². The Morgan fingerprint density at radius 1 is 1.28 bits per heavy atom. The largest absolute Gasteiger partial charge is 0.340 e. The second kappa shape index (κ2) is 8.58. The van der Waals surface area contributed by atoms with Gasteiger partial charge < -0.3 is 4.90 Å². The molecule has 1 atom stereocenters. The normalized spacial score (nSPS) is 18.2. The van der Waals surface area contributed by atoms with Crippen molar-refractivity contribution in [3.63, 3.8) is 0 Å². The molecule has 1 fully saturated rings. The van der Waals surface area contributed by atoms with Crippen molar-refractivity contribution in [2.45, 2.75) is 56.9 Å². The zero-order chi connectivity index (χ0) is 18.4. The molecule has 138 valence electrons. The molecule has 0 spiro atoms. The van der Waals surface area contributed by atoms with Gasteiger partial charge >= 0.3 is 0 Å². The van der Waals surface area contributed by atoms with Crippen molar-refractivity contribution in [2.24, 2.45) is 0 Å². The summed E-state index contributed by atoms with van der Waals surface area (Å²) < 4.78 is 27.1. The smallest absolute Gasteiger partial charge is 0.240 e. The van der Waals surface area contributed by atoms with Gasteiger partial charge in [-0.25, -0.2) is 13.1 Å². The number of sulfonamides is 1. The molecule has 1 heterocycles. The third kappa shape index (κ3) is 5.12. The summed E-state index contributed by atoms with van der Waals surface area (Å²) >= 11 is 0. The first kappa shape index (κ1) is 19.6. The minimum absolute atomic E-state index is 0.00765. The molecular formula is C18H26N2O4S. The molecule has 1 aromatic carbocycles. The molecule has 1 aromatic rings. The molecule has 6 nitrogen and oxygen atoms in total. The highest BCUT2D eigenvalue weighted by molar-refractivity contribution is 7.89. The number of nitrogens with zero attached hydrogens (tertiary/aromatic N) is 1. The van der Waals surface area contributed by atoms with E-state index >= 15 is 0 Å². The van der Waals surface area contributed by atoms with E-state index < -0.39 is 10.0 Å². The SMILES string of the molecule is CCC1CCCCN1C(=O)CCNS(=O)(=O)c1cccc(C(C)=O)c1. The van der Waals surface area contributed by atoms with Crippen molar-refractivity contribution in [3.05, 3.63) is 29.8 Å². The number of benzene rings is 1. The second-order valence-corrected chi connectivity index (χ2v) is 8.14. The van der Waals surface area contributed by atoms with Gasteiger partial charge in [0.05, 0.1) is 4.90 Å². The Morgan fingerprint density at radius 3 is 2.72 bits per heavy atom. The lowest BCUT2D eigenvalue weighted by atomic mass is 9.99. The van der Waals surface area contributed by atoms with Gasteiger partial charge in [0.25, 0.3) is 0 Å². The van der Waals surface area contributed by atoms with Crippen molar-refractivity contribution >= 4 is 21.7 Å². The fraction of sp³-hybridized carbons (Fsp3) is 0.556.